The first-order chi connectivity index (χ1) is 17.7. The molecule has 11 heteroatoms. The van der Waals surface area contributed by atoms with E-state index in [1.165, 1.54) is 36.4 Å². The van der Waals surface area contributed by atoms with Crippen molar-refractivity contribution < 1.29 is 28.4 Å². The Balaban J connectivity index is 1.52. The fourth-order valence-corrected chi connectivity index (χ4v) is 4.92. The number of rotatable bonds is 9. The van der Waals surface area contributed by atoms with Crippen LogP contribution in [0, 0.1) is 15.9 Å². The van der Waals surface area contributed by atoms with Crippen molar-refractivity contribution in [1.29, 1.82) is 0 Å². The van der Waals surface area contributed by atoms with Gasteiger partial charge in [-0.25, -0.2) is 4.39 Å². The molecule has 1 heterocycles. The van der Waals surface area contributed by atoms with Gasteiger partial charge in [0.2, 0.25) is 0 Å². The maximum absolute atomic E-state index is 13.2. The summed E-state index contributed by atoms with van der Waals surface area (Å²) in [6.45, 7) is 2.38. The molecule has 1 aliphatic heterocycles. The number of thioether (sulfide) groups is 1. The van der Waals surface area contributed by atoms with Crippen molar-refractivity contribution in [2.45, 2.75) is 20.1 Å². The third-order valence-electron chi connectivity index (χ3n) is 5.29. The van der Waals surface area contributed by atoms with Gasteiger partial charge in [0.1, 0.15) is 12.4 Å². The summed E-state index contributed by atoms with van der Waals surface area (Å²) in [5.74, 6) is 0.0258. The van der Waals surface area contributed by atoms with E-state index in [0.717, 1.165) is 22.2 Å². The second kappa shape index (κ2) is 11.6. The van der Waals surface area contributed by atoms with Crippen molar-refractivity contribution in [3.63, 3.8) is 0 Å². The van der Waals surface area contributed by atoms with Crippen LogP contribution < -0.4 is 9.47 Å². The number of nitro benzene ring substituents is 1. The van der Waals surface area contributed by atoms with Crippen molar-refractivity contribution in [3.05, 3.63) is 103 Å². The van der Waals surface area contributed by atoms with Crippen LogP contribution in [0.2, 0.25) is 0 Å². The van der Waals surface area contributed by atoms with Crippen molar-refractivity contribution in [2.24, 2.45) is 0 Å². The summed E-state index contributed by atoms with van der Waals surface area (Å²) in [7, 11) is 0. The summed E-state index contributed by atoms with van der Waals surface area (Å²) in [6.07, 6.45) is 1.60. The highest BCUT2D eigenvalue weighted by Crippen LogP contribution is 2.40. The van der Waals surface area contributed by atoms with Crippen molar-refractivity contribution in [3.8, 4) is 11.5 Å². The summed E-state index contributed by atoms with van der Waals surface area (Å²) in [5, 5.41) is 10.4. The number of hydrogen-bond acceptors (Lipinski definition) is 7. The number of benzene rings is 3. The van der Waals surface area contributed by atoms with E-state index in [0.29, 0.717) is 33.7 Å². The van der Waals surface area contributed by atoms with Gasteiger partial charge in [0.15, 0.2) is 11.5 Å². The predicted molar refractivity (Wildman–Crippen MR) is 141 cm³/mol. The molecule has 8 nitrogen and oxygen atoms in total. The fraction of sp³-hybridized carbons (Fsp3) is 0.154. The van der Waals surface area contributed by atoms with Gasteiger partial charge in [-0.05, 0) is 93.8 Å². The molecule has 0 radical (unpaired) electrons. The first kappa shape index (κ1) is 26.4. The van der Waals surface area contributed by atoms with Gasteiger partial charge in [0.05, 0.1) is 27.5 Å². The molecule has 0 spiro atoms. The zero-order valence-corrected chi connectivity index (χ0v) is 21.9. The van der Waals surface area contributed by atoms with Gasteiger partial charge in [0.25, 0.3) is 16.8 Å². The van der Waals surface area contributed by atoms with Gasteiger partial charge < -0.3 is 9.47 Å². The van der Waals surface area contributed by atoms with Crippen LogP contribution in [0.1, 0.15) is 23.6 Å². The molecule has 2 amide bonds. The highest BCUT2D eigenvalue weighted by atomic mass is 79.9. The fourth-order valence-electron chi connectivity index (χ4n) is 3.50. The van der Waals surface area contributed by atoms with E-state index in [-0.39, 0.29) is 23.7 Å². The molecule has 3 aromatic rings. The lowest BCUT2D eigenvalue weighted by Gasteiger charge is -2.15. The number of hydrogen-bond donors (Lipinski definition) is 0. The van der Waals surface area contributed by atoms with Crippen LogP contribution >= 0.6 is 27.7 Å². The Morgan fingerprint density at radius 2 is 1.73 bits per heavy atom. The Morgan fingerprint density at radius 3 is 2.38 bits per heavy atom. The van der Waals surface area contributed by atoms with Crippen LogP contribution in [-0.2, 0) is 17.9 Å². The Hall–Kier alpha value is -3.70. The number of non-ortho nitro benzene ring substituents is 1. The minimum absolute atomic E-state index is 0.00799. The molecule has 0 aliphatic carbocycles. The van der Waals surface area contributed by atoms with E-state index in [9.17, 15) is 24.1 Å². The smallest absolute Gasteiger partial charge is 0.293 e. The molecule has 0 atom stereocenters. The number of ether oxygens (including phenoxy) is 2. The second-order valence-corrected chi connectivity index (χ2v) is 9.72. The van der Waals surface area contributed by atoms with Crippen LogP contribution in [0.3, 0.4) is 0 Å². The molecule has 0 N–H and O–H groups in total. The number of amides is 2. The summed E-state index contributed by atoms with van der Waals surface area (Å²) in [5.41, 5.74) is 1.98. The number of nitrogens with zero attached hydrogens (tertiary/aromatic N) is 2. The van der Waals surface area contributed by atoms with E-state index in [4.69, 9.17) is 9.47 Å². The molecule has 3 aromatic carbocycles. The number of carbonyl (C=O) groups is 2. The van der Waals surface area contributed by atoms with E-state index < -0.39 is 21.9 Å². The third-order valence-corrected chi connectivity index (χ3v) is 6.78. The normalized spacial score (nSPS) is 14.4. The van der Waals surface area contributed by atoms with Gasteiger partial charge in [-0.15, -0.1) is 0 Å². The molecule has 0 aromatic heterocycles. The minimum Gasteiger partial charge on any atom is -0.490 e. The highest BCUT2D eigenvalue weighted by molar-refractivity contribution is 9.10. The monoisotopic (exact) mass is 586 g/mol. The van der Waals surface area contributed by atoms with Gasteiger partial charge in [-0.2, -0.15) is 0 Å². The SMILES string of the molecule is CCOc1cc(/C=C2/SC(=O)N(Cc3ccc(F)cc3)C2=O)cc(Br)c1OCc1ccc([N+](=O)[O-])cc1. The molecular formula is C26H20BrFN2O6S. The number of halogens is 2. The lowest BCUT2D eigenvalue weighted by atomic mass is 10.1. The first-order valence-corrected chi connectivity index (χ1v) is 12.7. The predicted octanol–water partition coefficient (Wildman–Crippen LogP) is 6.71. The lowest BCUT2D eigenvalue weighted by Crippen LogP contribution is -2.27. The third kappa shape index (κ3) is 6.36. The minimum atomic E-state index is -0.468. The summed E-state index contributed by atoms with van der Waals surface area (Å²) in [6, 6.07) is 15.1. The number of carbonyl (C=O) groups excluding carboxylic acids is 2. The molecule has 1 saturated heterocycles. The van der Waals surface area contributed by atoms with Crippen LogP contribution in [0.15, 0.2) is 70.0 Å². The Bertz CT molecular complexity index is 1380. The quantitative estimate of drug-likeness (QED) is 0.156. The van der Waals surface area contributed by atoms with Crippen molar-refractivity contribution >= 4 is 50.6 Å². The summed E-state index contributed by atoms with van der Waals surface area (Å²) in [4.78, 5) is 37.1. The average Bonchev–Trinajstić information content (AvgIpc) is 3.12. The standard InChI is InChI=1S/C26H20BrFN2O6S/c1-2-35-22-12-18(11-21(27)24(22)36-15-17-5-9-20(10-6-17)30(33)34)13-23-25(31)29(26(32)37-23)14-16-3-7-19(28)8-4-16/h3-13H,2,14-15H2,1H3/b23-13+. The summed E-state index contributed by atoms with van der Waals surface area (Å²) >= 11 is 4.32. The zero-order chi connectivity index (χ0) is 26.5. The molecule has 0 bridgehead atoms. The maximum atomic E-state index is 13.2. The average molecular weight is 587 g/mol. The van der Waals surface area contributed by atoms with Gasteiger partial charge in [-0.1, -0.05) is 12.1 Å². The largest absolute Gasteiger partial charge is 0.490 e. The molecule has 1 fully saturated rings. The first-order valence-electron chi connectivity index (χ1n) is 11.1. The Morgan fingerprint density at radius 1 is 1.05 bits per heavy atom. The molecule has 4 rings (SSSR count). The maximum Gasteiger partial charge on any atom is 0.293 e. The van der Waals surface area contributed by atoms with E-state index in [1.807, 2.05) is 6.92 Å². The zero-order valence-electron chi connectivity index (χ0n) is 19.5. The van der Waals surface area contributed by atoms with Crippen LogP contribution in [0.4, 0.5) is 14.9 Å². The van der Waals surface area contributed by atoms with Crippen LogP contribution in [0.25, 0.3) is 6.08 Å². The highest BCUT2D eigenvalue weighted by Gasteiger charge is 2.35. The molecule has 37 heavy (non-hydrogen) atoms. The number of imide groups is 1. The van der Waals surface area contributed by atoms with E-state index >= 15 is 0 Å². The Kier molecular flexibility index (Phi) is 8.24. The van der Waals surface area contributed by atoms with Crippen LogP contribution in [-0.4, -0.2) is 27.6 Å². The van der Waals surface area contributed by atoms with Gasteiger partial charge in [0, 0.05) is 12.1 Å². The molecule has 0 unspecified atom stereocenters. The van der Waals surface area contributed by atoms with Crippen molar-refractivity contribution in [2.75, 3.05) is 6.61 Å². The van der Waals surface area contributed by atoms with Gasteiger partial charge in [-0.3, -0.25) is 24.6 Å². The topological polar surface area (TPSA) is 99.0 Å². The lowest BCUT2D eigenvalue weighted by molar-refractivity contribution is -0.384. The second-order valence-electron chi connectivity index (χ2n) is 7.87. The Labute approximate surface area is 224 Å². The number of nitro groups is 1. The van der Waals surface area contributed by atoms with Crippen molar-refractivity contribution in [1.82, 2.24) is 4.90 Å². The molecule has 0 saturated carbocycles. The molecule has 190 valence electrons. The van der Waals surface area contributed by atoms with E-state index in [2.05, 4.69) is 15.9 Å². The molecule has 1 aliphatic rings. The molecular weight excluding hydrogens is 567 g/mol. The van der Waals surface area contributed by atoms with E-state index in [1.54, 1.807) is 30.3 Å². The van der Waals surface area contributed by atoms with Crippen LogP contribution in [0.5, 0.6) is 11.5 Å². The van der Waals surface area contributed by atoms with Gasteiger partial charge >= 0.3 is 0 Å². The summed E-state index contributed by atoms with van der Waals surface area (Å²) < 4.78 is 25.4.